The zero-order chi connectivity index (χ0) is 18.9. The number of benzene rings is 2. The van der Waals surface area contributed by atoms with Gasteiger partial charge in [0.05, 0.1) is 6.04 Å². The van der Waals surface area contributed by atoms with Gasteiger partial charge in [0, 0.05) is 12.6 Å². The third kappa shape index (κ3) is 5.99. The molecule has 2 aromatic carbocycles. The molecule has 0 saturated carbocycles. The van der Waals surface area contributed by atoms with Crippen molar-refractivity contribution in [2.24, 2.45) is 5.73 Å². The Balaban J connectivity index is 1.87. The van der Waals surface area contributed by atoms with Crippen LogP contribution in [0.15, 0.2) is 54.6 Å². The van der Waals surface area contributed by atoms with Gasteiger partial charge in [-0.1, -0.05) is 24.3 Å². The van der Waals surface area contributed by atoms with Gasteiger partial charge in [-0.05, 0) is 31.2 Å². The van der Waals surface area contributed by atoms with Crippen molar-refractivity contribution in [3.8, 4) is 17.2 Å². The molecule has 0 heterocycles. The van der Waals surface area contributed by atoms with Crippen molar-refractivity contribution in [2.45, 2.75) is 13.0 Å². The fourth-order valence-electron chi connectivity index (χ4n) is 2.04. The molecule has 8 heteroatoms. The maximum absolute atomic E-state index is 12.0. The Morgan fingerprint density at radius 2 is 1.77 bits per heavy atom. The molecule has 0 aromatic heterocycles. The lowest BCUT2D eigenvalue weighted by atomic mass is 10.3. The number of hydrogen-bond donors (Lipinski definition) is 3. The topological polar surface area (TPSA) is 114 Å². The van der Waals surface area contributed by atoms with E-state index in [1.807, 2.05) is 30.3 Å². The first-order valence-electron chi connectivity index (χ1n) is 7.95. The van der Waals surface area contributed by atoms with Crippen molar-refractivity contribution in [2.75, 3.05) is 13.2 Å². The third-order valence-electron chi connectivity index (χ3n) is 3.39. The summed E-state index contributed by atoms with van der Waals surface area (Å²) >= 11 is 0. The Hall–Kier alpha value is -3.26. The Bertz CT molecular complexity index is 739. The highest BCUT2D eigenvalue weighted by Gasteiger charge is 2.19. The van der Waals surface area contributed by atoms with Crippen LogP contribution in [0, 0.1) is 0 Å². The molecule has 0 spiro atoms. The molecular weight excluding hydrogens is 338 g/mol. The second-order valence-corrected chi connectivity index (χ2v) is 5.51. The van der Waals surface area contributed by atoms with Crippen molar-refractivity contribution in [3.05, 3.63) is 54.6 Å². The smallest absolute Gasteiger partial charge is 0.312 e. The van der Waals surface area contributed by atoms with E-state index in [1.165, 1.54) is 0 Å². The summed E-state index contributed by atoms with van der Waals surface area (Å²) in [5.41, 5.74) is 4.95. The largest absolute Gasteiger partial charge is 0.484 e. The van der Waals surface area contributed by atoms with Crippen LogP contribution in [-0.2, 0) is 4.79 Å². The van der Waals surface area contributed by atoms with E-state index in [4.69, 9.17) is 15.2 Å². The van der Waals surface area contributed by atoms with E-state index < -0.39 is 18.0 Å². The SMILES string of the molecule is C[C@@H](CNC(N)=O)N(O)C(=O)COc1cccc(Oc2ccccc2)c1. The van der Waals surface area contributed by atoms with E-state index in [0.29, 0.717) is 22.3 Å². The fourth-order valence-corrected chi connectivity index (χ4v) is 2.04. The average molecular weight is 359 g/mol. The van der Waals surface area contributed by atoms with Crippen molar-refractivity contribution in [1.29, 1.82) is 0 Å². The highest BCUT2D eigenvalue weighted by Crippen LogP contribution is 2.24. The van der Waals surface area contributed by atoms with Gasteiger partial charge < -0.3 is 20.5 Å². The third-order valence-corrected chi connectivity index (χ3v) is 3.39. The summed E-state index contributed by atoms with van der Waals surface area (Å²) in [4.78, 5) is 22.6. The van der Waals surface area contributed by atoms with E-state index in [1.54, 1.807) is 31.2 Å². The Morgan fingerprint density at radius 1 is 1.12 bits per heavy atom. The summed E-state index contributed by atoms with van der Waals surface area (Å²) in [6.07, 6.45) is 0. The normalized spacial score (nSPS) is 11.3. The predicted molar refractivity (Wildman–Crippen MR) is 94.1 cm³/mol. The molecule has 138 valence electrons. The Labute approximate surface area is 151 Å². The zero-order valence-corrected chi connectivity index (χ0v) is 14.3. The molecule has 0 saturated heterocycles. The molecule has 0 aliphatic carbocycles. The van der Waals surface area contributed by atoms with E-state index in [2.05, 4.69) is 5.32 Å². The number of hydroxylamine groups is 2. The summed E-state index contributed by atoms with van der Waals surface area (Å²) in [6, 6.07) is 14.7. The number of primary amides is 1. The Kier molecular flexibility index (Phi) is 6.81. The lowest BCUT2D eigenvalue weighted by Gasteiger charge is -2.22. The number of nitrogens with two attached hydrogens (primary N) is 1. The summed E-state index contributed by atoms with van der Waals surface area (Å²) in [5, 5.41) is 12.6. The van der Waals surface area contributed by atoms with Gasteiger partial charge in [0.25, 0.3) is 5.91 Å². The molecule has 8 nitrogen and oxygen atoms in total. The number of ether oxygens (including phenoxy) is 2. The van der Waals surface area contributed by atoms with Gasteiger partial charge in [0.1, 0.15) is 17.2 Å². The minimum Gasteiger partial charge on any atom is -0.484 e. The van der Waals surface area contributed by atoms with Gasteiger partial charge in [0.2, 0.25) is 0 Å². The minimum atomic E-state index is -0.732. The van der Waals surface area contributed by atoms with Crippen LogP contribution in [0.2, 0.25) is 0 Å². The molecule has 0 radical (unpaired) electrons. The average Bonchev–Trinajstić information content (AvgIpc) is 2.64. The van der Waals surface area contributed by atoms with Crippen molar-refractivity contribution < 1.29 is 24.3 Å². The quantitative estimate of drug-likeness (QED) is 0.493. The van der Waals surface area contributed by atoms with E-state index in [9.17, 15) is 14.8 Å². The summed E-state index contributed by atoms with van der Waals surface area (Å²) in [6.45, 7) is 1.21. The van der Waals surface area contributed by atoms with Crippen molar-refractivity contribution >= 4 is 11.9 Å². The summed E-state index contributed by atoms with van der Waals surface area (Å²) in [5.74, 6) is 1.00. The lowest BCUT2D eigenvalue weighted by Crippen LogP contribution is -2.46. The van der Waals surface area contributed by atoms with Gasteiger partial charge in [-0.3, -0.25) is 10.0 Å². The van der Waals surface area contributed by atoms with E-state index in [0.717, 1.165) is 0 Å². The van der Waals surface area contributed by atoms with Crippen LogP contribution in [0.1, 0.15) is 6.92 Å². The second-order valence-electron chi connectivity index (χ2n) is 5.51. The molecule has 0 unspecified atom stereocenters. The minimum absolute atomic E-state index is 0.0258. The molecule has 2 rings (SSSR count). The molecule has 0 aliphatic rings. The van der Waals surface area contributed by atoms with Crippen molar-refractivity contribution in [3.63, 3.8) is 0 Å². The number of nitrogens with zero attached hydrogens (tertiary/aromatic N) is 1. The first-order valence-corrected chi connectivity index (χ1v) is 7.95. The molecule has 0 aliphatic heterocycles. The van der Waals surface area contributed by atoms with Gasteiger partial charge in [0.15, 0.2) is 6.61 Å². The molecule has 0 fully saturated rings. The van der Waals surface area contributed by atoms with Crippen LogP contribution >= 0.6 is 0 Å². The second kappa shape index (κ2) is 9.28. The highest BCUT2D eigenvalue weighted by atomic mass is 16.5. The van der Waals surface area contributed by atoms with Gasteiger partial charge in [-0.15, -0.1) is 0 Å². The van der Waals surface area contributed by atoms with Crippen LogP contribution in [0.25, 0.3) is 0 Å². The highest BCUT2D eigenvalue weighted by molar-refractivity contribution is 5.77. The fraction of sp³-hybridized carbons (Fsp3) is 0.222. The van der Waals surface area contributed by atoms with Gasteiger partial charge in [-0.25, -0.2) is 9.86 Å². The maximum Gasteiger partial charge on any atom is 0.312 e. The first kappa shape index (κ1) is 19.1. The summed E-state index contributed by atoms with van der Waals surface area (Å²) < 4.78 is 11.1. The number of amides is 3. The van der Waals surface area contributed by atoms with Crippen LogP contribution in [0.4, 0.5) is 4.79 Å². The summed E-state index contributed by atoms with van der Waals surface area (Å²) in [7, 11) is 0. The maximum atomic E-state index is 12.0. The van der Waals surface area contributed by atoms with Crippen LogP contribution in [0.3, 0.4) is 0 Å². The van der Waals surface area contributed by atoms with Gasteiger partial charge in [-0.2, -0.15) is 0 Å². The number of carbonyl (C=O) groups is 2. The molecule has 1 atom stereocenters. The molecule has 26 heavy (non-hydrogen) atoms. The predicted octanol–water partition coefficient (Wildman–Crippen LogP) is 2.13. The monoisotopic (exact) mass is 359 g/mol. The van der Waals surface area contributed by atoms with Crippen molar-refractivity contribution in [1.82, 2.24) is 10.4 Å². The molecule has 4 N–H and O–H groups in total. The Morgan fingerprint density at radius 3 is 2.46 bits per heavy atom. The lowest BCUT2D eigenvalue weighted by molar-refractivity contribution is -0.175. The van der Waals surface area contributed by atoms with Crippen LogP contribution in [-0.4, -0.2) is 41.4 Å². The molecular formula is C18H21N3O5. The molecule has 3 amide bonds. The molecule has 2 aromatic rings. The number of rotatable bonds is 8. The number of urea groups is 1. The van der Waals surface area contributed by atoms with E-state index in [-0.39, 0.29) is 13.2 Å². The van der Waals surface area contributed by atoms with Gasteiger partial charge >= 0.3 is 6.03 Å². The first-order chi connectivity index (χ1) is 12.5. The zero-order valence-electron chi connectivity index (χ0n) is 14.3. The number of nitrogens with one attached hydrogen (secondary N) is 1. The number of para-hydroxylation sites is 1. The number of hydrogen-bond acceptors (Lipinski definition) is 5. The van der Waals surface area contributed by atoms with Crippen LogP contribution in [0.5, 0.6) is 17.2 Å². The molecule has 0 bridgehead atoms. The van der Waals surface area contributed by atoms with Crippen LogP contribution < -0.4 is 20.5 Å². The standard InChI is InChI=1S/C18H21N3O5/c1-13(11-20-18(19)23)21(24)17(22)12-25-15-8-5-9-16(10-15)26-14-6-3-2-4-7-14/h2-10,13,24H,11-12H2,1H3,(H3,19,20,23)/t13-/m0/s1. The number of carbonyl (C=O) groups excluding carboxylic acids is 2. The van der Waals surface area contributed by atoms with E-state index >= 15 is 0 Å².